The van der Waals surface area contributed by atoms with E-state index in [-0.39, 0.29) is 29.9 Å². The van der Waals surface area contributed by atoms with Gasteiger partial charge in [0.05, 0.1) is 11.0 Å². The first-order chi connectivity index (χ1) is 11.8. The Labute approximate surface area is 148 Å². The van der Waals surface area contributed by atoms with E-state index in [1.807, 2.05) is 0 Å². The van der Waals surface area contributed by atoms with Crippen LogP contribution in [-0.2, 0) is 15.0 Å². The third kappa shape index (κ3) is 3.13. The van der Waals surface area contributed by atoms with Gasteiger partial charge < -0.3 is 11.1 Å². The van der Waals surface area contributed by atoms with Gasteiger partial charge in [0.15, 0.2) is 0 Å². The third-order valence-electron chi connectivity index (χ3n) is 4.30. The van der Waals surface area contributed by atoms with E-state index in [0.29, 0.717) is 10.6 Å². The van der Waals surface area contributed by atoms with Crippen LogP contribution in [0.15, 0.2) is 42.5 Å². The highest BCUT2D eigenvalue weighted by Crippen LogP contribution is 2.43. The minimum Gasteiger partial charge on any atom is -0.366 e. The van der Waals surface area contributed by atoms with Gasteiger partial charge in [-0.3, -0.25) is 14.4 Å². The second-order valence-corrected chi connectivity index (χ2v) is 6.43. The largest absolute Gasteiger partial charge is 0.366 e. The normalized spacial score (nSPS) is 15.4. The van der Waals surface area contributed by atoms with E-state index in [1.165, 1.54) is 12.1 Å². The standard InChI is InChI=1S/C18H14ClFN2O3/c19-11-3-1-2-10(6-11)18(8-13(23)9-18)17(25)22-12-4-5-15(20)14(7-12)16(21)24/h1-7H,8-9H2,(H2,21,24)(H,22,25). The van der Waals surface area contributed by atoms with Crippen molar-refractivity contribution in [3.63, 3.8) is 0 Å². The van der Waals surface area contributed by atoms with Crippen LogP contribution < -0.4 is 11.1 Å². The molecular weight excluding hydrogens is 347 g/mol. The first-order valence-electron chi connectivity index (χ1n) is 7.50. The fourth-order valence-corrected chi connectivity index (χ4v) is 3.14. The molecule has 128 valence electrons. The topological polar surface area (TPSA) is 89.3 Å². The monoisotopic (exact) mass is 360 g/mol. The van der Waals surface area contributed by atoms with Crippen LogP contribution in [0.4, 0.5) is 10.1 Å². The lowest BCUT2D eigenvalue weighted by Gasteiger charge is -2.39. The molecular formula is C18H14ClFN2O3. The Morgan fingerprint density at radius 3 is 2.48 bits per heavy atom. The zero-order valence-electron chi connectivity index (χ0n) is 13.0. The van der Waals surface area contributed by atoms with E-state index in [9.17, 15) is 18.8 Å². The highest BCUT2D eigenvalue weighted by Gasteiger charge is 2.51. The molecule has 0 aromatic heterocycles. The van der Waals surface area contributed by atoms with Crippen molar-refractivity contribution >= 4 is 34.9 Å². The van der Waals surface area contributed by atoms with Gasteiger partial charge in [-0.05, 0) is 35.9 Å². The predicted octanol–water partition coefficient (Wildman–Crippen LogP) is 2.82. The van der Waals surface area contributed by atoms with Crippen LogP contribution in [0.3, 0.4) is 0 Å². The Kier molecular flexibility index (Phi) is 4.30. The van der Waals surface area contributed by atoms with Crippen LogP contribution in [0.1, 0.15) is 28.8 Å². The number of halogens is 2. The Morgan fingerprint density at radius 1 is 1.16 bits per heavy atom. The first kappa shape index (κ1) is 17.1. The average molecular weight is 361 g/mol. The smallest absolute Gasteiger partial charge is 0.251 e. The van der Waals surface area contributed by atoms with E-state index >= 15 is 0 Å². The van der Waals surface area contributed by atoms with Gasteiger partial charge in [0.25, 0.3) is 5.91 Å². The molecule has 7 heteroatoms. The number of primary amides is 1. The van der Waals surface area contributed by atoms with Crippen molar-refractivity contribution in [3.05, 3.63) is 64.4 Å². The summed E-state index contributed by atoms with van der Waals surface area (Å²) in [6.07, 6.45) is 0.117. The Bertz CT molecular complexity index is 890. The molecule has 5 nitrogen and oxygen atoms in total. The maximum atomic E-state index is 13.6. The van der Waals surface area contributed by atoms with Gasteiger partial charge in [-0.1, -0.05) is 23.7 Å². The number of rotatable bonds is 4. The third-order valence-corrected chi connectivity index (χ3v) is 4.53. The molecule has 1 fully saturated rings. The first-order valence-corrected chi connectivity index (χ1v) is 7.88. The number of anilines is 1. The van der Waals surface area contributed by atoms with Crippen molar-refractivity contribution in [3.8, 4) is 0 Å². The summed E-state index contributed by atoms with van der Waals surface area (Å²) in [5, 5.41) is 3.10. The molecule has 3 rings (SSSR count). The highest BCUT2D eigenvalue weighted by molar-refractivity contribution is 6.30. The lowest BCUT2D eigenvalue weighted by atomic mass is 9.63. The number of Topliss-reactive ketones (excluding diaryl/α,β-unsaturated/α-hetero) is 1. The summed E-state index contributed by atoms with van der Waals surface area (Å²) in [5.41, 5.74) is 4.62. The lowest BCUT2D eigenvalue weighted by molar-refractivity contribution is -0.138. The maximum Gasteiger partial charge on any atom is 0.251 e. The predicted molar refractivity (Wildman–Crippen MR) is 90.9 cm³/mol. The second kappa shape index (κ2) is 6.29. The SMILES string of the molecule is NC(=O)c1cc(NC(=O)C2(c3cccc(Cl)c3)CC(=O)C2)ccc1F. The molecule has 3 N–H and O–H groups in total. The molecule has 0 atom stereocenters. The molecule has 0 spiro atoms. The van der Waals surface area contributed by atoms with Crippen molar-refractivity contribution in [2.75, 3.05) is 5.32 Å². The number of nitrogens with two attached hydrogens (primary N) is 1. The zero-order chi connectivity index (χ0) is 18.2. The van der Waals surface area contributed by atoms with Crippen molar-refractivity contribution in [2.24, 2.45) is 5.73 Å². The number of hydrogen-bond donors (Lipinski definition) is 2. The van der Waals surface area contributed by atoms with E-state index in [4.69, 9.17) is 17.3 Å². The molecule has 0 heterocycles. The molecule has 0 radical (unpaired) electrons. The van der Waals surface area contributed by atoms with Gasteiger partial charge in [-0.2, -0.15) is 0 Å². The highest BCUT2D eigenvalue weighted by atomic mass is 35.5. The van der Waals surface area contributed by atoms with Gasteiger partial charge in [-0.15, -0.1) is 0 Å². The molecule has 1 aliphatic carbocycles. The number of carbonyl (C=O) groups is 3. The fraction of sp³-hybridized carbons (Fsp3) is 0.167. The maximum absolute atomic E-state index is 13.6. The summed E-state index contributed by atoms with van der Waals surface area (Å²) in [4.78, 5) is 35.7. The van der Waals surface area contributed by atoms with E-state index in [1.54, 1.807) is 24.3 Å². The van der Waals surface area contributed by atoms with Gasteiger partial charge >= 0.3 is 0 Å². The molecule has 0 unspecified atom stereocenters. The van der Waals surface area contributed by atoms with E-state index < -0.39 is 23.0 Å². The lowest BCUT2D eigenvalue weighted by Crippen LogP contribution is -2.51. The molecule has 25 heavy (non-hydrogen) atoms. The molecule has 2 aromatic rings. The van der Waals surface area contributed by atoms with Crippen LogP contribution >= 0.6 is 11.6 Å². The van der Waals surface area contributed by atoms with Crippen LogP contribution in [-0.4, -0.2) is 17.6 Å². The second-order valence-electron chi connectivity index (χ2n) is 6.00. The van der Waals surface area contributed by atoms with Crippen molar-refractivity contribution in [1.82, 2.24) is 0 Å². The number of amides is 2. The molecule has 0 saturated heterocycles. The van der Waals surface area contributed by atoms with Crippen molar-refractivity contribution < 1.29 is 18.8 Å². The number of hydrogen-bond acceptors (Lipinski definition) is 3. The summed E-state index contributed by atoms with van der Waals surface area (Å²) in [5.74, 6) is -2.16. The van der Waals surface area contributed by atoms with Crippen LogP contribution in [0.25, 0.3) is 0 Å². The van der Waals surface area contributed by atoms with Gasteiger partial charge in [-0.25, -0.2) is 4.39 Å². The molecule has 1 saturated carbocycles. The van der Waals surface area contributed by atoms with Crippen LogP contribution in [0, 0.1) is 5.82 Å². The fourth-order valence-electron chi connectivity index (χ4n) is 2.95. The van der Waals surface area contributed by atoms with E-state index in [0.717, 1.165) is 6.07 Å². The van der Waals surface area contributed by atoms with Crippen LogP contribution in [0.2, 0.25) is 5.02 Å². The Hall–Kier alpha value is -2.73. The van der Waals surface area contributed by atoms with Gasteiger partial charge in [0.1, 0.15) is 11.6 Å². The van der Waals surface area contributed by atoms with Gasteiger partial charge in [0.2, 0.25) is 5.91 Å². The van der Waals surface area contributed by atoms with Crippen molar-refractivity contribution in [1.29, 1.82) is 0 Å². The summed E-state index contributed by atoms with van der Waals surface area (Å²) in [6.45, 7) is 0. The van der Waals surface area contributed by atoms with E-state index in [2.05, 4.69) is 5.32 Å². The minimum absolute atomic E-state index is 0.0351. The number of carbonyl (C=O) groups excluding carboxylic acids is 3. The summed E-state index contributed by atoms with van der Waals surface area (Å²) < 4.78 is 13.6. The zero-order valence-corrected chi connectivity index (χ0v) is 13.8. The average Bonchev–Trinajstić information content (AvgIpc) is 2.53. The minimum atomic E-state index is -1.02. The molecule has 0 bridgehead atoms. The number of nitrogens with one attached hydrogen (secondary N) is 1. The van der Waals surface area contributed by atoms with Gasteiger partial charge in [0, 0.05) is 23.6 Å². The number of ketones is 1. The Balaban J connectivity index is 1.92. The molecule has 0 aliphatic heterocycles. The Morgan fingerprint density at radius 2 is 1.88 bits per heavy atom. The number of benzene rings is 2. The molecule has 1 aliphatic rings. The van der Waals surface area contributed by atoms with Crippen LogP contribution in [0.5, 0.6) is 0 Å². The summed E-state index contributed by atoms with van der Waals surface area (Å²) in [6, 6.07) is 10.3. The molecule has 2 aromatic carbocycles. The molecule has 2 amide bonds. The summed E-state index contributed by atoms with van der Waals surface area (Å²) >= 11 is 6.00. The van der Waals surface area contributed by atoms with Crippen molar-refractivity contribution in [2.45, 2.75) is 18.3 Å². The summed E-state index contributed by atoms with van der Waals surface area (Å²) in [7, 11) is 0. The quantitative estimate of drug-likeness (QED) is 0.878.